The van der Waals surface area contributed by atoms with Crippen molar-refractivity contribution in [3.05, 3.63) is 0 Å². The fourth-order valence-corrected chi connectivity index (χ4v) is 0.404. The Balaban J connectivity index is 3.08. The van der Waals surface area contributed by atoms with E-state index in [9.17, 15) is 0 Å². The Labute approximate surface area is 55.6 Å². The second-order valence-corrected chi connectivity index (χ2v) is 1.81. The third-order valence-electron chi connectivity index (χ3n) is 0.826. The van der Waals surface area contributed by atoms with Crippen LogP contribution in [0.1, 0.15) is 20.3 Å². The maximum absolute atomic E-state index is 8.19. The molecular weight excluding hydrogens is 116 g/mol. The Hall–Kier alpha value is -0.590. The molecule has 52 valence electrons. The van der Waals surface area contributed by atoms with E-state index >= 15 is 0 Å². The lowest BCUT2D eigenvalue weighted by atomic mass is 10.3. The van der Waals surface area contributed by atoms with Crippen molar-refractivity contribution in [1.82, 2.24) is 5.48 Å². The highest BCUT2D eigenvalue weighted by molar-refractivity contribution is 4.74. The molecule has 0 saturated carbocycles. The van der Waals surface area contributed by atoms with Crippen molar-refractivity contribution in [1.29, 1.82) is 5.26 Å². The maximum Gasteiger partial charge on any atom is 0.0654 e. The molecule has 0 aromatic carbocycles. The molecule has 0 amide bonds. The minimum absolute atomic E-state index is 0.134. The van der Waals surface area contributed by atoms with Crippen molar-refractivity contribution in [3.63, 3.8) is 0 Å². The molecule has 0 bridgehead atoms. The molecule has 1 atom stereocenters. The first-order valence-electron chi connectivity index (χ1n) is 3.05. The molecule has 0 aromatic heterocycles. The summed E-state index contributed by atoms with van der Waals surface area (Å²) in [5.74, 6) is 0. The third kappa shape index (κ3) is 5.28. The first-order valence-corrected chi connectivity index (χ1v) is 3.05. The highest BCUT2D eigenvalue weighted by Gasteiger charge is 1.96. The molecule has 0 aliphatic heterocycles. The van der Waals surface area contributed by atoms with Gasteiger partial charge in [-0.1, -0.05) is 0 Å². The van der Waals surface area contributed by atoms with Crippen LogP contribution >= 0.6 is 0 Å². The molecular formula is C6H12N2O. The van der Waals surface area contributed by atoms with Crippen molar-refractivity contribution in [2.45, 2.75) is 26.3 Å². The van der Waals surface area contributed by atoms with Crippen molar-refractivity contribution < 1.29 is 4.84 Å². The second-order valence-electron chi connectivity index (χ2n) is 1.81. The average Bonchev–Trinajstić information content (AvgIpc) is 1.85. The summed E-state index contributed by atoms with van der Waals surface area (Å²) in [6, 6.07) is 2.17. The van der Waals surface area contributed by atoms with Gasteiger partial charge in [0.2, 0.25) is 0 Å². The molecule has 0 rings (SSSR count). The van der Waals surface area contributed by atoms with Crippen LogP contribution in [0.3, 0.4) is 0 Å². The summed E-state index contributed by atoms with van der Waals surface area (Å²) in [5.41, 5.74) is 2.71. The number of nitrogens with one attached hydrogen (secondary N) is 1. The fourth-order valence-electron chi connectivity index (χ4n) is 0.404. The van der Waals surface area contributed by atoms with Crippen LogP contribution in [0.15, 0.2) is 0 Å². The van der Waals surface area contributed by atoms with E-state index in [0.717, 1.165) is 0 Å². The van der Waals surface area contributed by atoms with Gasteiger partial charge in [-0.2, -0.15) is 10.7 Å². The minimum Gasteiger partial charge on any atom is -0.302 e. The van der Waals surface area contributed by atoms with E-state index in [2.05, 4.69) is 5.48 Å². The molecule has 0 aromatic rings. The molecule has 3 heteroatoms. The third-order valence-corrected chi connectivity index (χ3v) is 0.826. The zero-order valence-corrected chi connectivity index (χ0v) is 5.85. The Kier molecular flexibility index (Phi) is 5.18. The smallest absolute Gasteiger partial charge is 0.0654 e. The number of rotatable bonds is 4. The first-order chi connectivity index (χ1) is 4.31. The van der Waals surface area contributed by atoms with E-state index in [-0.39, 0.29) is 6.04 Å². The van der Waals surface area contributed by atoms with Gasteiger partial charge in [-0.3, -0.25) is 0 Å². The Bertz CT molecular complexity index is 97.7. The van der Waals surface area contributed by atoms with Crippen LogP contribution in [-0.4, -0.2) is 12.6 Å². The number of hydrogen-bond acceptors (Lipinski definition) is 3. The standard InChI is InChI=1S/C6H12N2O/c1-3-9-8-6(2)4-5-7/h6,8H,3-4H2,1-2H3. The molecule has 0 fully saturated rings. The van der Waals surface area contributed by atoms with E-state index < -0.39 is 0 Å². The predicted molar refractivity (Wildman–Crippen MR) is 34.5 cm³/mol. The monoisotopic (exact) mass is 128 g/mol. The van der Waals surface area contributed by atoms with Gasteiger partial charge in [0.15, 0.2) is 0 Å². The van der Waals surface area contributed by atoms with Gasteiger partial charge in [-0.25, -0.2) is 0 Å². The van der Waals surface area contributed by atoms with Crippen LogP contribution in [0.25, 0.3) is 0 Å². The van der Waals surface area contributed by atoms with Gasteiger partial charge in [-0.15, -0.1) is 0 Å². The molecule has 3 nitrogen and oxygen atoms in total. The lowest BCUT2D eigenvalue weighted by Gasteiger charge is -2.07. The normalized spacial score (nSPS) is 12.6. The summed E-state index contributed by atoms with van der Waals surface area (Å²) in [5, 5.41) is 8.19. The van der Waals surface area contributed by atoms with E-state index in [0.29, 0.717) is 13.0 Å². The molecule has 0 aliphatic rings. The molecule has 1 unspecified atom stereocenters. The van der Waals surface area contributed by atoms with Crippen LogP contribution in [0, 0.1) is 11.3 Å². The fraction of sp³-hybridized carbons (Fsp3) is 0.833. The summed E-state index contributed by atoms with van der Waals surface area (Å²) in [7, 11) is 0. The van der Waals surface area contributed by atoms with E-state index in [1.807, 2.05) is 19.9 Å². The summed E-state index contributed by atoms with van der Waals surface area (Å²) in [6.07, 6.45) is 0.486. The van der Waals surface area contributed by atoms with Gasteiger partial charge in [0.25, 0.3) is 0 Å². The van der Waals surface area contributed by atoms with E-state index in [1.165, 1.54) is 0 Å². The predicted octanol–water partition coefficient (Wildman–Crippen LogP) is 0.830. The van der Waals surface area contributed by atoms with Gasteiger partial charge >= 0.3 is 0 Å². The van der Waals surface area contributed by atoms with Crippen LogP contribution in [0.4, 0.5) is 0 Å². The molecule has 0 aliphatic carbocycles. The van der Waals surface area contributed by atoms with Gasteiger partial charge in [-0.05, 0) is 13.8 Å². The average molecular weight is 128 g/mol. The SMILES string of the molecule is CCONC(C)CC#N. The second kappa shape index (κ2) is 5.54. The summed E-state index contributed by atoms with van der Waals surface area (Å²) < 4.78 is 0. The van der Waals surface area contributed by atoms with Crippen LogP contribution in [0.5, 0.6) is 0 Å². The number of hydroxylamine groups is 1. The molecule has 1 N–H and O–H groups in total. The van der Waals surface area contributed by atoms with Crippen molar-refractivity contribution >= 4 is 0 Å². The lowest BCUT2D eigenvalue weighted by Crippen LogP contribution is -2.25. The highest BCUT2D eigenvalue weighted by atomic mass is 16.6. The Morgan fingerprint density at radius 1 is 1.78 bits per heavy atom. The molecule has 0 saturated heterocycles. The van der Waals surface area contributed by atoms with Crippen molar-refractivity contribution in [3.8, 4) is 6.07 Å². The van der Waals surface area contributed by atoms with Crippen LogP contribution < -0.4 is 5.48 Å². The van der Waals surface area contributed by atoms with Gasteiger partial charge in [0, 0.05) is 6.04 Å². The topological polar surface area (TPSA) is 45.0 Å². The largest absolute Gasteiger partial charge is 0.302 e. The molecule has 0 radical (unpaired) electrons. The summed E-state index contributed by atoms with van der Waals surface area (Å²) >= 11 is 0. The maximum atomic E-state index is 8.19. The minimum atomic E-state index is 0.134. The van der Waals surface area contributed by atoms with Crippen LogP contribution in [-0.2, 0) is 4.84 Å². The van der Waals surface area contributed by atoms with Gasteiger partial charge in [0.1, 0.15) is 0 Å². The Morgan fingerprint density at radius 3 is 2.89 bits per heavy atom. The number of nitrogens with zero attached hydrogens (tertiary/aromatic N) is 1. The zero-order chi connectivity index (χ0) is 7.11. The molecule has 0 heterocycles. The van der Waals surface area contributed by atoms with Gasteiger partial charge in [0.05, 0.1) is 19.1 Å². The number of nitriles is 1. The molecule has 9 heavy (non-hydrogen) atoms. The van der Waals surface area contributed by atoms with Crippen molar-refractivity contribution in [2.75, 3.05) is 6.61 Å². The van der Waals surface area contributed by atoms with E-state index in [1.54, 1.807) is 0 Å². The molecule has 0 spiro atoms. The summed E-state index contributed by atoms with van der Waals surface area (Å²) in [4.78, 5) is 4.85. The van der Waals surface area contributed by atoms with Crippen LogP contribution in [0.2, 0.25) is 0 Å². The summed E-state index contributed by atoms with van der Waals surface area (Å²) in [6.45, 7) is 4.43. The quantitative estimate of drug-likeness (QED) is 0.570. The van der Waals surface area contributed by atoms with E-state index in [4.69, 9.17) is 10.1 Å². The first kappa shape index (κ1) is 8.41. The lowest BCUT2D eigenvalue weighted by molar-refractivity contribution is 0.0300. The highest BCUT2D eigenvalue weighted by Crippen LogP contribution is 1.86. The van der Waals surface area contributed by atoms with Gasteiger partial charge < -0.3 is 4.84 Å². The zero-order valence-electron chi connectivity index (χ0n) is 5.85. The number of hydrogen-bond donors (Lipinski definition) is 1. The Morgan fingerprint density at radius 2 is 2.44 bits per heavy atom. The van der Waals surface area contributed by atoms with Crippen molar-refractivity contribution in [2.24, 2.45) is 0 Å².